The number of aliphatic hydroxyl groups is 2. The van der Waals surface area contributed by atoms with Crippen LogP contribution in [0, 0.1) is 24.2 Å². The van der Waals surface area contributed by atoms with Gasteiger partial charge in [-0.25, -0.2) is 4.98 Å². The number of aromatic nitrogens is 1. The number of thiazole rings is 1. The fraction of sp³-hybridized carbons (Fsp3) is 0.741. The zero-order chi connectivity index (χ0) is 26.1. The molecular weight excluding hydrogens is 466 g/mol. The molecule has 3 rings (SSSR count). The van der Waals surface area contributed by atoms with Crippen molar-refractivity contribution in [2.24, 2.45) is 17.3 Å². The summed E-state index contributed by atoms with van der Waals surface area (Å²) in [5, 5.41) is 24.6. The Morgan fingerprint density at radius 2 is 1.91 bits per heavy atom. The third-order valence-electron chi connectivity index (χ3n) is 7.93. The summed E-state index contributed by atoms with van der Waals surface area (Å²) >= 11 is 1.56. The second-order valence-corrected chi connectivity index (χ2v) is 12.3. The molecule has 7 atom stereocenters. The number of fused-ring (bicyclic) bond motifs is 1. The number of epoxide rings is 1. The van der Waals surface area contributed by atoms with E-state index < -0.39 is 35.6 Å². The van der Waals surface area contributed by atoms with Crippen LogP contribution >= 0.6 is 11.3 Å². The molecule has 2 aliphatic rings. The average molecular weight is 508 g/mol. The molecule has 0 aliphatic carbocycles. The van der Waals surface area contributed by atoms with Gasteiger partial charge in [-0.2, -0.15) is 0 Å². The predicted octanol–water partition coefficient (Wildman–Crippen LogP) is 4.48. The maximum atomic E-state index is 13.2. The molecule has 0 unspecified atom stereocenters. The van der Waals surface area contributed by atoms with Crippen LogP contribution in [-0.4, -0.2) is 57.0 Å². The van der Waals surface area contributed by atoms with Crippen molar-refractivity contribution in [1.82, 2.24) is 4.98 Å². The second-order valence-electron chi connectivity index (χ2n) is 11.3. The van der Waals surface area contributed by atoms with E-state index in [9.17, 15) is 19.8 Å². The molecule has 2 aliphatic heterocycles. The van der Waals surface area contributed by atoms with Gasteiger partial charge >= 0.3 is 5.97 Å². The molecule has 8 heteroatoms. The zero-order valence-corrected chi connectivity index (χ0v) is 22.9. The number of aliphatic hydroxyl groups excluding tert-OH is 2. The van der Waals surface area contributed by atoms with Gasteiger partial charge in [-0.15, -0.1) is 11.3 Å². The van der Waals surface area contributed by atoms with Gasteiger partial charge in [-0.3, -0.25) is 9.59 Å². The SMILES string of the molecule is C/C(=C\c1csc(C)n1)[C@@H]1C[C@@H]2O[C@]2(C)CCC[C@@H](C)[C@H](O)[C@@H](C)C(=O)C(C)(C)[C@@H](O)CC(=O)O1. The van der Waals surface area contributed by atoms with Crippen LogP contribution in [-0.2, 0) is 19.1 Å². The quantitative estimate of drug-likeness (QED) is 0.449. The summed E-state index contributed by atoms with van der Waals surface area (Å²) in [5.41, 5.74) is 0.179. The Bertz CT molecular complexity index is 955. The minimum absolute atomic E-state index is 0.0455. The van der Waals surface area contributed by atoms with Crippen LogP contribution in [0.25, 0.3) is 6.08 Å². The Morgan fingerprint density at radius 3 is 2.54 bits per heavy atom. The minimum atomic E-state index is -1.23. The highest BCUT2D eigenvalue weighted by Crippen LogP contribution is 2.45. The lowest BCUT2D eigenvalue weighted by Gasteiger charge is -2.34. The van der Waals surface area contributed by atoms with E-state index in [-0.39, 0.29) is 29.8 Å². The van der Waals surface area contributed by atoms with E-state index in [4.69, 9.17) is 9.47 Å². The van der Waals surface area contributed by atoms with Crippen molar-refractivity contribution in [3.8, 4) is 0 Å². The van der Waals surface area contributed by atoms with Crippen molar-refractivity contribution in [2.75, 3.05) is 0 Å². The van der Waals surface area contributed by atoms with Crippen molar-refractivity contribution in [3.63, 3.8) is 0 Å². The molecule has 1 aromatic heterocycles. The standard InChI is InChI=1S/C27H41NO6S/c1-15-9-8-10-27(7)22(34-27)12-20(16(2)11-19-14-35-18(4)28-19)33-23(30)13-21(29)26(5,6)25(32)17(3)24(15)31/h11,14-15,17,20-22,24,29,31H,8-10,12-13H2,1-7H3/b16-11+/t15-,17-,20+,21+,22+,24+,27-/m1/s1. The molecular formula is C27H41NO6S. The molecule has 0 bridgehead atoms. The molecule has 196 valence electrons. The first kappa shape index (κ1) is 28.0. The van der Waals surface area contributed by atoms with E-state index >= 15 is 0 Å². The number of hydrogen-bond donors (Lipinski definition) is 2. The highest BCUT2D eigenvalue weighted by Gasteiger charge is 2.53. The average Bonchev–Trinajstić information content (AvgIpc) is 3.22. The molecule has 0 radical (unpaired) electrons. The summed E-state index contributed by atoms with van der Waals surface area (Å²) in [6.07, 6.45) is 1.98. The van der Waals surface area contributed by atoms with Crippen molar-refractivity contribution in [2.45, 2.75) is 111 Å². The highest BCUT2D eigenvalue weighted by atomic mass is 32.1. The van der Waals surface area contributed by atoms with Crippen LogP contribution in [0.15, 0.2) is 11.0 Å². The summed E-state index contributed by atoms with van der Waals surface area (Å²) in [6.45, 7) is 12.8. The van der Waals surface area contributed by atoms with E-state index in [1.54, 1.807) is 32.1 Å². The molecule has 7 nitrogen and oxygen atoms in total. The number of carbonyl (C=O) groups is 2. The molecule has 1 aromatic rings. The lowest BCUT2D eigenvalue weighted by molar-refractivity contribution is -0.154. The first-order valence-corrected chi connectivity index (χ1v) is 13.5. The fourth-order valence-corrected chi connectivity index (χ4v) is 5.64. The smallest absolute Gasteiger partial charge is 0.309 e. The first-order valence-electron chi connectivity index (χ1n) is 12.6. The normalized spacial score (nSPS) is 37.5. The van der Waals surface area contributed by atoms with Crippen LogP contribution in [0.5, 0.6) is 0 Å². The van der Waals surface area contributed by atoms with Crippen LogP contribution < -0.4 is 0 Å². The van der Waals surface area contributed by atoms with Gasteiger partial charge in [0.05, 0.1) is 46.5 Å². The number of rotatable bonds is 2. The van der Waals surface area contributed by atoms with Crippen LogP contribution in [0.3, 0.4) is 0 Å². The minimum Gasteiger partial charge on any atom is -0.458 e. The summed E-state index contributed by atoms with van der Waals surface area (Å²) in [4.78, 5) is 30.6. The molecule has 2 N–H and O–H groups in total. The largest absolute Gasteiger partial charge is 0.458 e. The Morgan fingerprint density at radius 1 is 1.23 bits per heavy atom. The third kappa shape index (κ3) is 6.59. The number of aryl methyl sites for hydroxylation is 1. The molecule has 0 aromatic carbocycles. The van der Waals surface area contributed by atoms with Crippen LogP contribution in [0.4, 0.5) is 0 Å². The predicted molar refractivity (Wildman–Crippen MR) is 136 cm³/mol. The summed E-state index contributed by atoms with van der Waals surface area (Å²) < 4.78 is 11.9. The Kier molecular flexibility index (Phi) is 8.62. The van der Waals surface area contributed by atoms with Gasteiger partial charge in [0.25, 0.3) is 0 Å². The van der Waals surface area contributed by atoms with Gasteiger partial charge in [0.2, 0.25) is 0 Å². The lowest BCUT2D eigenvalue weighted by atomic mass is 9.73. The van der Waals surface area contributed by atoms with Gasteiger partial charge in [-0.1, -0.05) is 34.1 Å². The van der Waals surface area contributed by atoms with E-state index in [0.717, 1.165) is 35.5 Å². The summed E-state index contributed by atoms with van der Waals surface area (Å²) in [5.74, 6) is -1.55. The molecule has 2 saturated heterocycles. The first-order chi connectivity index (χ1) is 16.2. The molecule has 35 heavy (non-hydrogen) atoms. The Hall–Kier alpha value is -1.61. The molecule has 0 saturated carbocycles. The number of esters is 1. The number of cyclic esters (lactones) is 1. The molecule has 2 fully saturated rings. The van der Waals surface area contributed by atoms with Crippen molar-refractivity contribution in [1.29, 1.82) is 0 Å². The second kappa shape index (κ2) is 10.8. The Balaban J connectivity index is 1.85. The van der Waals surface area contributed by atoms with Gasteiger partial charge < -0.3 is 19.7 Å². The van der Waals surface area contributed by atoms with Crippen LogP contribution in [0.1, 0.15) is 84.3 Å². The highest BCUT2D eigenvalue weighted by molar-refractivity contribution is 7.09. The zero-order valence-electron chi connectivity index (χ0n) is 22.0. The molecule has 3 heterocycles. The maximum absolute atomic E-state index is 13.2. The van der Waals surface area contributed by atoms with Crippen LogP contribution in [0.2, 0.25) is 0 Å². The molecule has 0 amide bonds. The van der Waals surface area contributed by atoms with Crippen molar-refractivity contribution < 1.29 is 29.3 Å². The van der Waals surface area contributed by atoms with E-state index in [0.29, 0.717) is 6.42 Å². The van der Waals surface area contributed by atoms with E-state index in [1.807, 2.05) is 32.2 Å². The monoisotopic (exact) mass is 507 g/mol. The van der Waals surface area contributed by atoms with Gasteiger partial charge in [-0.05, 0) is 51.2 Å². The fourth-order valence-electron chi connectivity index (χ4n) is 5.07. The number of ketones is 1. The van der Waals surface area contributed by atoms with E-state index in [1.165, 1.54) is 0 Å². The Labute approximate surface area is 212 Å². The summed E-state index contributed by atoms with van der Waals surface area (Å²) in [7, 11) is 0. The van der Waals surface area contributed by atoms with Gasteiger partial charge in [0.1, 0.15) is 11.9 Å². The number of Topliss-reactive ketones (excluding diaryl/α,β-unsaturated/α-hetero) is 1. The summed E-state index contributed by atoms with van der Waals surface area (Å²) in [6, 6.07) is 0. The molecule has 0 spiro atoms. The lowest BCUT2D eigenvalue weighted by Crippen LogP contribution is -2.45. The van der Waals surface area contributed by atoms with Crippen molar-refractivity contribution >= 4 is 29.2 Å². The third-order valence-corrected chi connectivity index (χ3v) is 8.72. The number of hydrogen-bond acceptors (Lipinski definition) is 8. The number of ether oxygens (including phenoxy) is 2. The number of nitrogens with zero attached hydrogens (tertiary/aromatic N) is 1. The van der Waals surface area contributed by atoms with E-state index in [2.05, 4.69) is 11.9 Å². The number of carbonyl (C=O) groups excluding carboxylic acids is 2. The topological polar surface area (TPSA) is 109 Å². The van der Waals surface area contributed by atoms with Gasteiger partial charge in [0, 0.05) is 17.7 Å². The van der Waals surface area contributed by atoms with Crippen molar-refractivity contribution in [3.05, 3.63) is 21.7 Å². The maximum Gasteiger partial charge on any atom is 0.309 e. The van der Waals surface area contributed by atoms with Gasteiger partial charge in [0.15, 0.2) is 0 Å².